The minimum absolute atomic E-state index is 0.471. The molecule has 1 heterocycles. The topological polar surface area (TPSA) is 48.1 Å². The van der Waals surface area contributed by atoms with E-state index >= 15 is 0 Å². The number of hydrogen-bond donors (Lipinski definition) is 1. The Bertz CT molecular complexity index is 529. The molecule has 0 bridgehead atoms. The van der Waals surface area contributed by atoms with Gasteiger partial charge in [-0.15, -0.1) is 0 Å². The number of benzene rings is 1. The van der Waals surface area contributed by atoms with E-state index in [0.29, 0.717) is 17.4 Å². The normalized spacial score (nSPS) is 10.3. The van der Waals surface area contributed by atoms with Crippen LogP contribution in [0.25, 0.3) is 0 Å². The summed E-state index contributed by atoms with van der Waals surface area (Å²) in [4.78, 5) is 4.14. The van der Waals surface area contributed by atoms with Crippen LogP contribution in [0.5, 0.6) is 11.6 Å². The molecule has 1 aromatic heterocycles. The highest BCUT2D eigenvalue weighted by atomic mass is 35.5. The minimum Gasteiger partial charge on any atom is -0.439 e. The summed E-state index contributed by atoms with van der Waals surface area (Å²) >= 11 is 5.88. The quantitative estimate of drug-likeness (QED) is 0.907. The molecule has 2 aromatic rings. The average molecular weight is 249 g/mol. The Kier molecular flexibility index (Phi) is 3.61. The lowest BCUT2D eigenvalue weighted by Crippen LogP contribution is -1.97. The van der Waals surface area contributed by atoms with E-state index in [-0.39, 0.29) is 0 Å². The van der Waals surface area contributed by atoms with Crippen molar-refractivity contribution in [2.75, 3.05) is 0 Å². The summed E-state index contributed by atoms with van der Waals surface area (Å²) in [5.41, 5.74) is 7.52. The van der Waals surface area contributed by atoms with Crippen LogP contribution in [0, 0.1) is 6.92 Å². The second-order valence-corrected chi connectivity index (χ2v) is 4.15. The molecule has 0 aliphatic rings. The van der Waals surface area contributed by atoms with Crippen molar-refractivity contribution in [2.24, 2.45) is 5.73 Å². The maximum Gasteiger partial charge on any atom is 0.219 e. The number of ether oxygens (including phenoxy) is 1. The Hall–Kier alpha value is -1.58. The smallest absolute Gasteiger partial charge is 0.219 e. The molecular weight excluding hydrogens is 236 g/mol. The van der Waals surface area contributed by atoms with Gasteiger partial charge in [-0.25, -0.2) is 4.98 Å². The Labute approximate surface area is 105 Å². The van der Waals surface area contributed by atoms with Gasteiger partial charge in [0.25, 0.3) is 0 Å². The van der Waals surface area contributed by atoms with Crippen molar-refractivity contribution in [3.8, 4) is 11.6 Å². The number of aromatic nitrogens is 1. The highest BCUT2D eigenvalue weighted by Crippen LogP contribution is 2.26. The number of halogens is 1. The van der Waals surface area contributed by atoms with E-state index in [9.17, 15) is 0 Å². The molecule has 0 saturated carbocycles. The molecule has 0 aliphatic heterocycles. The molecule has 2 N–H and O–H groups in total. The highest BCUT2D eigenvalue weighted by molar-refractivity contribution is 6.30. The Morgan fingerprint density at radius 3 is 2.82 bits per heavy atom. The Morgan fingerprint density at radius 2 is 2.12 bits per heavy atom. The first-order valence-corrected chi connectivity index (χ1v) is 5.66. The fourth-order valence-corrected chi connectivity index (χ4v) is 1.70. The van der Waals surface area contributed by atoms with E-state index in [1.54, 1.807) is 12.3 Å². The van der Waals surface area contributed by atoms with Gasteiger partial charge in [0, 0.05) is 23.8 Å². The minimum atomic E-state index is 0.471. The largest absolute Gasteiger partial charge is 0.439 e. The van der Waals surface area contributed by atoms with Crippen LogP contribution in [0.1, 0.15) is 11.1 Å². The fourth-order valence-electron chi connectivity index (χ4n) is 1.47. The first kappa shape index (κ1) is 11.9. The number of nitrogens with two attached hydrogens (primary N) is 1. The van der Waals surface area contributed by atoms with Crippen LogP contribution < -0.4 is 10.5 Å². The molecule has 3 nitrogen and oxygen atoms in total. The summed E-state index contributed by atoms with van der Waals surface area (Å²) in [5, 5.41) is 0.693. The lowest BCUT2D eigenvalue weighted by Gasteiger charge is -2.08. The van der Waals surface area contributed by atoms with Crippen molar-refractivity contribution in [3.05, 3.63) is 52.7 Å². The van der Waals surface area contributed by atoms with Gasteiger partial charge in [-0.05, 0) is 42.3 Å². The van der Waals surface area contributed by atoms with Crippen LogP contribution in [0.15, 0.2) is 36.5 Å². The number of nitrogens with zero attached hydrogens (tertiary/aromatic N) is 1. The molecule has 1 aromatic carbocycles. The summed E-state index contributed by atoms with van der Waals surface area (Å²) in [7, 11) is 0. The first-order valence-electron chi connectivity index (χ1n) is 5.28. The molecule has 0 saturated heterocycles. The van der Waals surface area contributed by atoms with E-state index in [0.717, 1.165) is 16.9 Å². The molecule has 0 atom stereocenters. The van der Waals surface area contributed by atoms with Gasteiger partial charge in [-0.1, -0.05) is 11.6 Å². The van der Waals surface area contributed by atoms with Gasteiger partial charge in [0.1, 0.15) is 5.75 Å². The standard InChI is InChI=1S/C13H13ClN2O/c1-9-6-11(14)2-3-12(9)17-13-7-10(8-15)4-5-16-13/h2-7H,8,15H2,1H3. The molecule has 0 radical (unpaired) electrons. The fraction of sp³-hybridized carbons (Fsp3) is 0.154. The maximum atomic E-state index is 5.88. The predicted molar refractivity (Wildman–Crippen MR) is 68.4 cm³/mol. The maximum absolute atomic E-state index is 5.88. The summed E-state index contributed by atoms with van der Waals surface area (Å²) in [5.74, 6) is 1.29. The number of rotatable bonds is 3. The van der Waals surface area contributed by atoms with Crippen LogP contribution in [-0.2, 0) is 6.54 Å². The zero-order chi connectivity index (χ0) is 12.3. The Balaban J connectivity index is 2.25. The molecule has 0 amide bonds. The van der Waals surface area contributed by atoms with Gasteiger partial charge in [0.05, 0.1) is 0 Å². The SMILES string of the molecule is Cc1cc(Cl)ccc1Oc1cc(CN)ccn1. The van der Waals surface area contributed by atoms with Gasteiger partial charge in [0.15, 0.2) is 0 Å². The van der Waals surface area contributed by atoms with Gasteiger partial charge >= 0.3 is 0 Å². The Morgan fingerprint density at radius 1 is 1.29 bits per heavy atom. The molecular formula is C13H13ClN2O. The van der Waals surface area contributed by atoms with Crippen LogP contribution in [0.4, 0.5) is 0 Å². The third-order valence-corrected chi connectivity index (χ3v) is 2.62. The van der Waals surface area contributed by atoms with Gasteiger partial charge in [0.2, 0.25) is 5.88 Å². The van der Waals surface area contributed by atoms with Crippen molar-refractivity contribution in [2.45, 2.75) is 13.5 Å². The van der Waals surface area contributed by atoms with Crippen molar-refractivity contribution in [1.82, 2.24) is 4.98 Å². The number of aryl methyl sites for hydroxylation is 1. The predicted octanol–water partition coefficient (Wildman–Crippen LogP) is 3.29. The number of pyridine rings is 1. The average Bonchev–Trinajstić information content (AvgIpc) is 2.33. The van der Waals surface area contributed by atoms with Crippen molar-refractivity contribution in [3.63, 3.8) is 0 Å². The van der Waals surface area contributed by atoms with Gasteiger partial charge in [-0.3, -0.25) is 0 Å². The van der Waals surface area contributed by atoms with Crippen molar-refractivity contribution < 1.29 is 4.74 Å². The third kappa shape index (κ3) is 2.96. The van der Waals surface area contributed by atoms with E-state index in [4.69, 9.17) is 22.1 Å². The van der Waals surface area contributed by atoms with E-state index in [1.807, 2.05) is 31.2 Å². The molecule has 88 valence electrons. The molecule has 0 unspecified atom stereocenters. The van der Waals surface area contributed by atoms with Crippen LogP contribution >= 0.6 is 11.6 Å². The van der Waals surface area contributed by atoms with Gasteiger partial charge < -0.3 is 10.5 Å². The second kappa shape index (κ2) is 5.17. The van der Waals surface area contributed by atoms with Gasteiger partial charge in [-0.2, -0.15) is 0 Å². The number of hydrogen-bond acceptors (Lipinski definition) is 3. The van der Waals surface area contributed by atoms with Crippen LogP contribution in [0.3, 0.4) is 0 Å². The molecule has 2 rings (SSSR count). The zero-order valence-corrected chi connectivity index (χ0v) is 10.2. The second-order valence-electron chi connectivity index (χ2n) is 3.72. The van der Waals surface area contributed by atoms with Crippen LogP contribution in [-0.4, -0.2) is 4.98 Å². The summed E-state index contributed by atoms with van der Waals surface area (Å²) in [6, 6.07) is 9.16. The van der Waals surface area contributed by atoms with Crippen LogP contribution in [0.2, 0.25) is 5.02 Å². The first-order chi connectivity index (χ1) is 8.19. The summed E-state index contributed by atoms with van der Waals surface area (Å²) in [6.45, 7) is 2.41. The van der Waals surface area contributed by atoms with E-state index < -0.39 is 0 Å². The molecule has 0 aliphatic carbocycles. The molecule has 4 heteroatoms. The zero-order valence-electron chi connectivity index (χ0n) is 9.48. The highest BCUT2D eigenvalue weighted by Gasteiger charge is 2.03. The van der Waals surface area contributed by atoms with E-state index in [2.05, 4.69) is 4.98 Å². The van der Waals surface area contributed by atoms with E-state index in [1.165, 1.54) is 0 Å². The molecule has 0 spiro atoms. The lowest BCUT2D eigenvalue weighted by molar-refractivity contribution is 0.459. The molecule has 17 heavy (non-hydrogen) atoms. The summed E-state index contributed by atoms with van der Waals surface area (Å²) < 4.78 is 5.68. The third-order valence-electron chi connectivity index (χ3n) is 2.39. The molecule has 0 fully saturated rings. The summed E-state index contributed by atoms with van der Waals surface area (Å²) in [6.07, 6.45) is 1.68. The van der Waals surface area contributed by atoms with Crippen molar-refractivity contribution in [1.29, 1.82) is 0 Å². The lowest BCUT2D eigenvalue weighted by atomic mass is 10.2. The van der Waals surface area contributed by atoms with Crippen molar-refractivity contribution >= 4 is 11.6 Å². The monoisotopic (exact) mass is 248 g/mol.